The molecule has 0 unspecified atom stereocenters. The number of carbonyl (C=O) groups is 1. The summed E-state index contributed by atoms with van der Waals surface area (Å²) in [7, 11) is 1.60. The van der Waals surface area contributed by atoms with Crippen LogP contribution in [-0.4, -0.2) is 28.9 Å². The zero-order valence-corrected chi connectivity index (χ0v) is 16.4. The summed E-state index contributed by atoms with van der Waals surface area (Å²) in [6.45, 7) is 2.45. The van der Waals surface area contributed by atoms with Crippen molar-refractivity contribution >= 4 is 34.3 Å². The van der Waals surface area contributed by atoms with Crippen molar-refractivity contribution in [1.82, 2.24) is 4.57 Å². The first-order chi connectivity index (χ1) is 13.0. The minimum Gasteiger partial charge on any atom is -0.506 e. The van der Waals surface area contributed by atoms with Crippen LogP contribution in [-0.2, 0) is 6.54 Å². The molecule has 3 rings (SSSR count). The van der Waals surface area contributed by atoms with Crippen molar-refractivity contribution in [3.8, 4) is 5.75 Å². The summed E-state index contributed by atoms with van der Waals surface area (Å²) in [6, 6.07) is 14.6. The Bertz CT molecular complexity index is 1040. The number of pyridine rings is 1. The number of thioether (sulfide) groups is 1. The van der Waals surface area contributed by atoms with E-state index in [0.717, 1.165) is 11.3 Å². The highest BCUT2D eigenvalue weighted by Gasteiger charge is 2.25. The molecule has 0 fully saturated rings. The van der Waals surface area contributed by atoms with E-state index in [0.29, 0.717) is 23.1 Å². The molecule has 1 amide bonds. The van der Waals surface area contributed by atoms with Gasteiger partial charge in [-0.1, -0.05) is 25.1 Å². The molecule has 3 aromatic rings. The van der Waals surface area contributed by atoms with Gasteiger partial charge in [0, 0.05) is 29.6 Å². The maximum absolute atomic E-state index is 13.1. The molecule has 140 valence electrons. The van der Waals surface area contributed by atoms with E-state index in [-0.39, 0.29) is 11.3 Å². The van der Waals surface area contributed by atoms with Gasteiger partial charge in [-0.15, -0.1) is 11.8 Å². The number of nitrogens with zero attached hydrogens (tertiary/aromatic N) is 2. The van der Waals surface area contributed by atoms with Gasteiger partial charge >= 0.3 is 0 Å². The first-order valence-electron chi connectivity index (χ1n) is 8.76. The SMILES string of the molecule is CCCn1c(=O)c(C(=O)N(C)c2ccccc2)c(O)c2cc(SC)ccc21. The molecular weight excluding hydrogens is 360 g/mol. The summed E-state index contributed by atoms with van der Waals surface area (Å²) >= 11 is 1.54. The Labute approximate surface area is 162 Å². The molecule has 0 atom stereocenters. The van der Waals surface area contributed by atoms with E-state index in [1.807, 2.05) is 49.6 Å². The Balaban J connectivity index is 2.25. The third-order valence-electron chi connectivity index (χ3n) is 4.55. The van der Waals surface area contributed by atoms with Gasteiger partial charge in [0.2, 0.25) is 0 Å². The lowest BCUT2D eigenvalue weighted by Crippen LogP contribution is -2.34. The number of aromatic hydroxyl groups is 1. The lowest BCUT2D eigenvalue weighted by atomic mass is 10.1. The first-order valence-corrected chi connectivity index (χ1v) is 9.98. The van der Waals surface area contributed by atoms with Crippen LogP contribution in [0, 0.1) is 0 Å². The van der Waals surface area contributed by atoms with Crippen LogP contribution in [0.3, 0.4) is 0 Å². The van der Waals surface area contributed by atoms with Crippen molar-refractivity contribution in [2.45, 2.75) is 24.8 Å². The summed E-state index contributed by atoms with van der Waals surface area (Å²) in [5, 5.41) is 11.4. The summed E-state index contributed by atoms with van der Waals surface area (Å²) in [5.41, 5.74) is 0.629. The Morgan fingerprint density at radius 2 is 1.89 bits per heavy atom. The molecule has 1 heterocycles. The highest BCUT2D eigenvalue weighted by Crippen LogP contribution is 2.31. The van der Waals surface area contributed by atoms with E-state index in [1.54, 1.807) is 23.7 Å². The van der Waals surface area contributed by atoms with Gasteiger partial charge < -0.3 is 14.6 Å². The molecule has 0 aliphatic rings. The summed E-state index contributed by atoms with van der Waals surface area (Å²) in [5.74, 6) is -0.781. The minimum absolute atomic E-state index is 0.194. The molecule has 0 aliphatic carbocycles. The molecule has 1 aromatic heterocycles. The van der Waals surface area contributed by atoms with Crippen LogP contribution >= 0.6 is 11.8 Å². The van der Waals surface area contributed by atoms with Gasteiger partial charge in [0.15, 0.2) is 0 Å². The number of para-hydroxylation sites is 1. The second-order valence-electron chi connectivity index (χ2n) is 6.26. The number of benzene rings is 2. The van der Waals surface area contributed by atoms with Crippen molar-refractivity contribution in [3.63, 3.8) is 0 Å². The topological polar surface area (TPSA) is 62.5 Å². The van der Waals surface area contributed by atoms with Gasteiger partial charge in [-0.05, 0) is 43.0 Å². The molecular formula is C21H22N2O3S. The third kappa shape index (κ3) is 3.45. The van der Waals surface area contributed by atoms with Crippen molar-refractivity contribution in [1.29, 1.82) is 0 Å². The standard InChI is InChI=1S/C21H22N2O3S/c1-4-12-23-17-11-10-15(27-3)13-16(17)19(24)18(21(23)26)20(25)22(2)14-8-6-5-7-9-14/h5-11,13,24H,4,12H2,1-3H3. The average molecular weight is 382 g/mol. The number of anilines is 1. The first kappa shape index (κ1) is 19.0. The van der Waals surface area contributed by atoms with Crippen LogP contribution in [0.5, 0.6) is 5.75 Å². The normalized spacial score (nSPS) is 10.9. The van der Waals surface area contributed by atoms with Crippen LogP contribution < -0.4 is 10.5 Å². The van der Waals surface area contributed by atoms with Gasteiger partial charge in [-0.3, -0.25) is 9.59 Å². The average Bonchev–Trinajstić information content (AvgIpc) is 2.70. The van der Waals surface area contributed by atoms with E-state index in [2.05, 4.69) is 0 Å². The molecule has 2 aromatic carbocycles. The molecule has 27 heavy (non-hydrogen) atoms. The Morgan fingerprint density at radius 3 is 2.52 bits per heavy atom. The fourth-order valence-corrected chi connectivity index (χ4v) is 3.56. The minimum atomic E-state index is -0.523. The summed E-state index contributed by atoms with van der Waals surface area (Å²) < 4.78 is 1.57. The van der Waals surface area contributed by atoms with Crippen LogP contribution in [0.25, 0.3) is 10.9 Å². The predicted molar refractivity (Wildman–Crippen MR) is 111 cm³/mol. The highest BCUT2D eigenvalue weighted by molar-refractivity contribution is 7.98. The smallest absolute Gasteiger partial charge is 0.267 e. The van der Waals surface area contributed by atoms with Crippen LogP contribution in [0.2, 0.25) is 0 Å². The van der Waals surface area contributed by atoms with E-state index in [9.17, 15) is 14.7 Å². The molecule has 5 nitrogen and oxygen atoms in total. The Kier molecular flexibility index (Phi) is 5.56. The van der Waals surface area contributed by atoms with Gasteiger partial charge in [-0.2, -0.15) is 0 Å². The zero-order chi connectivity index (χ0) is 19.6. The van der Waals surface area contributed by atoms with Gasteiger partial charge in [-0.25, -0.2) is 0 Å². The molecule has 0 saturated heterocycles. The van der Waals surface area contributed by atoms with Crippen LogP contribution in [0.15, 0.2) is 58.2 Å². The number of carbonyl (C=O) groups excluding carboxylic acids is 1. The number of hydrogen-bond acceptors (Lipinski definition) is 4. The quantitative estimate of drug-likeness (QED) is 0.675. The fraction of sp³-hybridized carbons (Fsp3) is 0.238. The number of aryl methyl sites for hydroxylation is 1. The van der Waals surface area contributed by atoms with Crippen molar-refractivity contribution < 1.29 is 9.90 Å². The lowest BCUT2D eigenvalue weighted by molar-refractivity contribution is 0.0988. The van der Waals surface area contributed by atoms with Gasteiger partial charge in [0.05, 0.1) is 5.52 Å². The highest BCUT2D eigenvalue weighted by atomic mass is 32.2. The number of fused-ring (bicyclic) bond motifs is 1. The lowest BCUT2D eigenvalue weighted by Gasteiger charge is -2.20. The van der Waals surface area contributed by atoms with Gasteiger partial charge in [0.1, 0.15) is 11.3 Å². The fourth-order valence-electron chi connectivity index (χ4n) is 3.12. The molecule has 0 bridgehead atoms. The summed E-state index contributed by atoms with van der Waals surface area (Å²) in [6.07, 6.45) is 2.68. The number of amides is 1. The predicted octanol–water partition coefficient (Wildman–Crippen LogP) is 4.12. The van der Waals surface area contributed by atoms with E-state index >= 15 is 0 Å². The van der Waals surface area contributed by atoms with Crippen LogP contribution in [0.4, 0.5) is 5.69 Å². The Morgan fingerprint density at radius 1 is 1.19 bits per heavy atom. The second-order valence-corrected chi connectivity index (χ2v) is 7.14. The monoisotopic (exact) mass is 382 g/mol. The number of hydrogen-bond donors (Lipinski definition) is 1. The van der Waals surface area contributed by atoms with Crippen molar-refractivity contribution in [2.24, 2.45) is 0 Å². The molecule has 0 aliphatic heterocycles. The molecule has 1 N–H and O–H groups in total. The molecule has 0 spiro atoms. The maximum Gasteiger partial charge on any atom is 0.267 e. The molecule has 0 saturated carbocycles. The van der Waals surface area contributed by atoms with Crippen molar-refractivity contribution in [2.75, 3.05) is 18.2 Å². The maximum atomic E-state index is 13.1. The zero-order valence-electron chi connectivity index (χ0n) is 15.6. The van der Waals surface area contributed by atoms with Crippen molar-refractivity contribution in [3.05, 3.63) is 64.4 Å². The second kappa shape index (κ2) is 7.88. The number of rotatable bonds is 5. The van der Waals surface area contributed by atoms with E-state index in [1.165, 1.54) is 16.7 Å². The summed E-state index contributed by atoms with van der Waals surface area (Å²) in [4.78, 5) is 28.5. The third-order valence-corrected chi connectivity index (χ3v) is 5.28. The van der Waals surface area contributed by atoms with Crippen LogP contribution in [0.1, 0.15) is 23.7 Å². The molecule has 0 radical (unpaired) electrons. The largest absolute Gasteiger partial charge is 0.506 e. The Hall–Kier alpha value is -2.73. The number of aromatic nitrogens is 1. The van der Waals surface area contributed by atoms with E-state index < -0.39 is 11.5 Å². The molecule has 6 heteroatoms. The van der Waals surface area contributed by atoms with Gasteiger partial charge in [0.25, 0.3) is 11.5 Å². The van der Waals surface area contributed by atoms with E-state index in [4.69, 9.17) is 0 Å².